The summed E-state index contributed by atoms with van der Waals surface area (Å²) in [5, 5.41) is 2.80. The minimum atomic E-state index is -0.458. The highest BCUT2D eigenvalue weighted by molar-refractivity contribution is 14.1. The van der Waals surface area contributed by atoms with Crippen LogP contribution in [0, 0.1) is 3.57 Å². The first kappa shape index (κ1) is 14.3. The van der Waals surface area contributed by atoms with Crippen LogP contribution in [-0.2, 0) is 9.59 Å². The van der Waals surface area contributed by atoms with Crippen molar-refractivity contribution in [3.8, 4) is 0 Å². The second-order valence-corrected chi connectivity index (χ2v) is 5.96. The second kappa shape index (κ2) is 5.90. The van der Waals surface area contributed by atoms with Crippen LogP contribution in [0.1, 0.15) is 26.7 Å². The molecule has 19 heavy (non-hydrogen) atoms. The third-order valence-electron chi connectivity index (χ3n) is 3.30. The lowest BCUT2D eigenvalue weighted by Crippen LogP contribution is -2.62. The zero-order valence-corrected chi connectivity index (χ0v) is 13.2. The van der Waals surface area contributed by atoms with Gasteiger partial charge in [-0.2, -0.15) is 0 Å². The van der Waals surface area contributed by atoms with Gasteiger partial charge in [0, 0.05) is 9.26 Å². The first-order valence-corrected chi connectivity index (χ1v) is 7.51. The van der Waals surface area contributed by atoms with Gasteiger partial charge in [0.2, 0.25) is 11.8 Å². The van der Waals surface area contributed by atoms with Crippen molar-refractivity contribution in [2.45, 2.75) is 38.8 Å². The van der Waals surface area contributed by atoms with Crippen molar-refractivity contribution < 1.29 is 9.59 Å². The van der Waals surface area contributed by atoms with Crippen LogP contribution in [-0.4, -0.2) is 23.9 Å². The summed E-state index contributed by atoms with van der Waals surface area (Å²) in [5.74, 6) is -0.105. The molecule has 2 atom stereocenters. The van der Waals surface area contributed by atoms with Gasteiger partial charge in [-0.05, 0) is 60.2 Å². The summed E-state index contributed by atoms with van der Waals surface area (Å²) in [4.78, 5) is 26.0. The van der Waals surface area contributed by atoms with Crippen LogP contribution in [0.25, 0.3) is 0 Å². The van der Waals surface area contributed by atoms with Crippen molar-refractivity contribution in [3.05, 3.63) is 27.8 Å². The van der Waals surface area contributed by atoms with Crippen LogP contribution in [0.2, 0.25) is 0 Å². The molecule has 4 nitrogen and oxygen atoms in total. The van der Waals surface area contributed by atoms with Gasteiger partial charge in [-0.1, -0.05) is 13.3 Å². The van der Waals surface area contributed by atoms with Crippen LogP contribution in [0.3, 0.4) is 0 Å². The SMILES string of the molecule is CCCC1NC(=O)C(C)N(c2ccc(I)cc2)C1=O. The van der Waals surface area contributed by atoms with Gasteiger partial charge in [0.15, 0.2) is 0 Å². The highest BCUT2D eigenvalue weighted by Crippen LogP contribution is 2.23. The Hall–Kier alpha value is -1.11. The molecule has 1 aliphatic rings. The lowest BCUT2D eigenvalue weighted by atomic mass is 10.0. The number of rotatable bonds is 3. The quantitative estimate of drug-likeness (QED) is 0.828. The number of hydrogen-bond donors (Lipinski definition) is 1. The van der Waals surface area contributed by atoms with Crippen molar-refractivity contribution in [2.75, 3.05) is 4.90 Å². The Labute approximate surface area is 126 Å². The molecule has 0 bridgehead atoms. The molecule has 2 rings (SSSR count). The fourth-order valence-corrected chi connectivity index (χ4v) is 2.63. The van der Waals surface area contributed by atoms with E-state index in [4.69, 9.17) is 0 Å². The molecule has 1 aromatic carbocycles. The van der Waals surface area contributed by atoms with Gasteiger partial charge in [0.25, 0.3) is 0 Å². The Morgan fingerprint density at radius 3 is 2.47 bits per heavy atom. The molecule has 1 saturated heterocycles. The molecule has 5 heteroatoms. The number of halogens is 1. The Morgan fingerprint density at radius 1 is 1.26 bits per heavy atom. The van der Waals surface area contributed by atoms with E-state index in [1.165, 1.54) is 0 Å². The first-order chi connectivity index (χ1) is 9.04. The van der Waals surface area contributed by atoms with E-state index in [0.717, 1.165) is 15.7 Å². The van der Waals surface area contributed by atoms with Gasteiger partial charge in [-0.25, -0.2) is 0 Å². The fraction of sp³-hybridized carbons (Fsp3) is 0.429. The molecular weight excluding hydrogens is 355 g/mol. The Bertz CT molecular complexity index is 487. The third-order valence-corrected chi connectivity index (χ3v) is 4.02. The van der Waals surface area contributed by atoms with Crippen LogP contribution in [0.5, 0.6) is 0 Å². The molecule has 1 N–H and O–H groups in total. The number of carbonyl (C=O) groups is 2. The van der Waals surface area contributed by atoms with Gasteiger partial charge in [0.05, 0.1) is 0 Å². The standard InChI is InChI=1S/C14H17IN2O2/c1-3-4-12-14(19)17(9(2)13(18)16-12)11-7-5-10(15)6-8-11/h5-9,12H,3-4H2,1-2H3,(H,16,18). The number of nitrogens with one attached hydrogen (secondary N) is 1. The van der Waals surface area contributed by atoms with Gasteiger partial charge >= 0.3 is 0 Å². The number of carbonyl (C=O) groups excluding carboxylic acids is 2. The topological polar surface area (TPSA) is 49.4 Å². The van der Waals surface area contributed by atoms with Crippen molar-refractivity contribution in [3.63, 3.8) is 0 Å². The maximum Gasteiger partial charge on any atom is 0.250 e. The van der Waals surface area contributed by atoms with E-state index in [-0.39, 0.29) is 11.8 Å². The largest absolute Gasteiger partial charge is 0.342 e. The predicted octanol–water partition coefficient (Wildman–Crippen LogP) is 2.31. The Balaban J connectivity index is 2.32. The normalized spacial score (nSPS) is 23.4. The molecule has 1 heterocycles. The van der Waals surface area contributed by atoms with E-state index in [9.17, 15) is 9.59 Å². The minimum absolute atomic E-state index is 0.0184. The molecule has 2 unspecified atom stereocenters. The fourth-order valence-electron chi connectivity index (χ4n) is 2.27. The lowest BCUT2D eigenvalue weighted by Gasteiger charge is -2.37. The summed E-state index contributed by atoms with van der Waals surface area (Å²) in [7, 11) is 0. The molecule has 0 saturated carbocycles. The molecule has 0 spiro atoms. The highest BCUT2D eigenvalue weighted by Gasteiger charge is 2.38. The number of nitrogens with zero attached hydrogens (tertiary/aromatic N) is 1. The van der Waals surface area contributed by atoms with Gasteiger partial charge in [-0.15, -0.1) is 0 Å². The molecule has 102 valence electrons. The number of amides is 2. The highest BCUT2D eigenvalue weighted by atomic mass is 127. The molecule has 0 radical (unpaired) electrons. The molecule has 0 aromatic heterocycles. The molecular formula is C14H17IN2O2. The second-order valence-electron chi connectivity index (χ2n) is 4.71. The molecule has 1 aromatic rings. The lowest BCUT2D eigenvalue weighted by molar-refractivity contribution is -0.133. The van der Waals surface area contributed by atoms with E-state index in [1.54, 1.807) is 11.8 Å². The van der Waals surface area contributed by atoms with E-state index in [1.807, 2.05) is 31.2 Å². The maximum absolute atomic E-state index is 12.5. The van der Waals surface area contributed by atoms with Crippen molar-refractivity contribution >= 4 is 40.1 Å². The maximum atomic E-state index is 12.5. The first-order valence-electron chi connectivity index (χ1n) is 6.43. The average Bonchev–Trinajstić information content (AvgIpc) is 2.39. The van der Waals surface area contributed by atoms with Crippen LogP contribution in [0.4, 0.5) is 5.69 Å². The monoisotopic (exact) mass is 372 g/mol. The number of benzene rings is 1. The third kappa shape index (κ3) is 2.91. The summed E-state index contributed by atoms with van der Waals surface area (Å²) < 4.78 is 1.10. The van der Waals surface area contributed by atoms with Crippen LogP contribution < -0.4 is 10.2 Å². The van der Waals surface area contributed by atoms with E-state index >= 15 is 0 Å². The van der Waals surface area contributed by atoms with E-state index in [0.29, 0.717) is 6.42 Å². The number of hydrogen-bond acceptors (Lipinski definition) is 2. The molecule has 1 fully saturated rings. The average molecular weight is 372 g/mol. The van der Waals surface area contributed by atoms with Crippen molar-refractivity contribution in [1.82, 2.24) is 5.32 Å². The Morgan fingerprint density at radius 2 is 1.89 bits per heavy atom. The van der Waals surface area contributed by atoms with Crippen LogP contribution in [0.15, 0.2) is 24.3 Å². The minimum Gasteiger partial charge on any atom is -0.342 e. The van der Waals surface area contributed by atoms with E-state index < -0.39 is 12.1 Å². The predicted molar refractivity (Wildman–Crippen MR) is 82.9 cm³/mol. The molecule has 0 aliphatic carbocycles. The summed E-state index contributed by atoms with van der Waals surface area (Å²) in [6.45, 7) is 3.76. The van der Waals surface area contributed by atoms with Crippen LogP contribution >= 0.6 is 22.6 Å². The van der Waals surface area contributed by atoms with Crippen molar-refractivity contribution in [1.29, 1.82) is 0 Å². The zero-order valence-electron chi connectivity index (χ0n) is 11.0. The summed E-state index contributed by atoms with van der Waals surface area (Å²) in [6.07, 6.45) is 1.55. The zero-order chi connectivity index (χ0) is 14.0. The van der Waals surface area contributed by atoms with Gasteiger partial charge in [-0.3, -0.25) is 14.5 Å². The molecule has 2 amide bonds. The van der Waals surface area contributed by atoms with Gasteiger partial charge < -0.3 is 5.32 Å². The smallest absolute Gasteiger partial charge is 0.250 e. The summed E-state index contributed by atoms with van der Waals surface area (Å²) >= 11 is 2.22. The van der Waals surface area contributed by atoms with Gasteiger partial charge in [0.1, 0.15) is 12.1 Å². The summed E-state index contributed by atoms with van der Waals surface area (Å²) in [6, 6.07) is 6.80. The Kier molecular flexibility index (Phi) is 4.44. The number of piperazine rings is 1. The number of anilines is 1. The summed E-state index contributed by atoms with van der Waals surface area (Å²) in [5.41, 5.74) is 0.786. The molecule has 1 aliphatic heterocycles. The van der Waals surface area contributed by atoms with E-state index in [2.05, 4.69) is 27.9 Å². The van der Waals surface area contributed by atoms with Crippen molar-refractivity contribution in [2.24, 2.45) is 0 Å².